The first kappa shape index (κ1) is 8.52. The van der Waals surface area contributed by atoms with E-state index in [-0.39, 0.29) is 0 Å². The molecule has 0 saturated heterocycles. The van der Waals surface area contributed by atoms with Gasteiger partial charge in [0, 0.05) is 6.54 Å². The van der Waals surface area contributed by atoms with E-state index in [1.54, 1.807) is 6.20 Å². The maximum Gasteiger partial charge on any atom is 0.144 e. The van der Waals surface area contributed by atoms with Gasteiger partial charge < -0.3 is 11.1 Å². The predicted molar refractivity (Wildman–Crippen MR) is 49.7 cm³/mol. The molecule has 1 rings (SSSR count). The number of nitrogen functional groups attached to an aromatic ring is 1. The summed E-state index contributed by atoms with van der Waals surface area (Å²) in [7, 11) is 0. The average Bonchev–Trinajstić information content (AvgIpc) is 2.09. The standard InChI is InChI=1S/C8H12N4/c1-2-3-4-10-8-6-11-7(9)5-12-8/h2,5-6H,1,3-4H2,(H2,9,11)(H,10,12). The summed E-state index contributed by atoms with van der Waals surface area (Å²) in [5.41, 5.74) is 5.36. The highest BCUT2D eigenvalue weighted by Crippen LogP contribution is 2.00. The molecule has 3 N–H and O–H groups in total. The zero-order chi connectivity index (χ0) is 8.81. The Morgan fingerprint density at radius 3 is 2.92 bits per heavy atom. The Kier molecular flexibility index (Phi) is 3.07. The number of nitrogens with zero attached hydrogens (tertiary/aromatic N) is 2. The van der Waals surface area contributed by atoms with E-state index in [1.807, 2.05) is 6.08 Å². The van der Waals surface area contributed by atoms with Crippen molar-refractivity contribution in [1.82, 2.24) is 9.97 Å². The van der Waals surface area contributed by atoms with E-state index in [2.05, 4.69) is 21.9 Å². The van der Waals surface area contributed by atoms with Crippen LogP contribution in [-0.4, -0.2) is 16.5 Å². The molecule has 0 atom stereocenters. The summed E-state index contributed by atoms with van der Waals surface area (Å²) in [6.45, 7) is 4.43. The van der Waals surface area contributed by atoms with E-state index in [9.17, 15) is 0 Å². The second-order valence-corrected chi connectivity index (χ2v) is 2.33. The van der Waals surface area contributed by atoms with Crippen LogP contribution >= 0.6 is 0 Å². The zero-order valence-corrected chi connectivity index (χ0v) is 6.83. The van der Waals surface area contributed by atoms with Crippen molar-refractivity contribution in [2.45, 2.75) is 6.42 Å². The molecule has 0 bridgehead atoms. The summed E-state index contributed by atoms with van der Waals surface area (Å²) in [4.78, 5) is 7.90. The normalized spacial score (nSPS) is 9.33. The number of nitrogens with two attached hydrogens (primary N) is 1. The first-order valence-corrected chi connectivity index (χ1v) is 3.75. The Hall–Kier alpha value is -1.58. The highest BCUT2D eigenvalue weighted by Gasteiger charge is 1.91. The van der Waals surface area contributed by atoms with E-state index in [0.29, 0.717) is 5.82 Å². The van der Waals surface area contributed by atoms with Crippen molar-refractivity contribution in [2.75, 3.05) is 17.6 Å². The number of aromatic nitrogens is 2. The first-order valence-electron chi connectivity index (χ1n) is 3.75. The van der Waals surface area contributed by atoms with E-state index in [4.69, 9.17) is 5.73 Å². The maximum atomic E-state index is 5.36. The summed E-state index contributed by atoms with van der Waals surface area (Å²) in [6, 6.07) is 0. The maximum absolute atomic E-state index is 5.36. The third kappa shape index (κ3) is 2.57. The van der Waals surface area contributed by atoms with Crippen molar-refractivity contribution < 1.29 is 0 Å². The minimum atomic E-state index is 0.435. The molecule has 4 heteroatoms. The summed E-state index contributed by atoms with van der Waals surface area (Å²) in [5.74, 6) is 1.18. The lowest BCUT2D eigenvalue weighted by molar-refractivity contribution is 1.04. The molecular formula is C8H12N4. The Balaban J connectivity index is 2.42. The van der Waals surface area contributed by atoms with Gasteiger partial charge >= 0.3 is 0 Å². The molecule has 1 aromatic heterocycles. The van der Waals surface area contributed by atoms with Crippen molar-refractivity contribution in [3.05, 3.63) is 25.0 Å². The second-order valence-electron chi connectivity index (χ2n) is 2.33. The molecule has 1 aromatic rings. The van der Waals surface area contributed by atoms with Crippen molar-refractivity contribution >= 4 is 11.6 Å². The number of nitrogens with one attached hydrogen (secondary N) is 1. The topological polar surface area (TPSA) is 63.8 Å². The van der Waals surface area contributed by atoms with Crippen molar-refractivity contribution in [2.24, 2.45) is 0 Å². The Labute approximate surface area is 71.5 Å². The smallest absolute Gasteiger partial charge is 0.144 e. The average molecular weight is 164 g/mol. The quantitative estimate of drug-likeness (QED) is 0.515. The highest BCUT2D eigenvalue weighted by molar-refractivity contribution is 5.35. The molecule has 64 valence electrons. The van der Waals surface area contributed by atoms with Crippen LogP contribution in [0.1, 0.15) is 6.42 Å². The zero-order valence-electron chi connectivity index (χ0n) is 6.83. The molecule has 0 saturated carbocycles. The van der Waals surface area contributed by atoms with Crippen LogP contribution in [0.2, 0.25) is 0 Å². The summed E-state index contributed by atoms with van der Waals surface area (Å²) in [5, 5.41) is 3.07. The lowest BCUT2D eigenvalue weighted by Gasteiger charge is -2.01. The summed E-state index contributed by atoms with van der Waals surface area (Å²) < 4.78 is 0. The lowest BCUT2D eigenvalue weighted by atomic mass is 10.4. The number of rotatable bonds is 4. The van der Waals surface area contributed by atoms with Crippen molar-refractivity contribution in [3.8, 4) is 0 Å². The fourth-order valence-electron chi connectivity index (χ4n) is 0.732. The molecule has 0 aliphatic heterocycles. The van der Waals surface area contributed by atoms with E-state index >= 15 is 0 Å². The van der Waals surface area contributed by atoms with Crippen LogP contribution in [-0.2, 0) is 0 Å². The SMILES string of the molecule is C=CCCNc1cnc(N)cn1. The van der Waals surface area contributed by atoms with Gasteiger partial charge in [0.2, 0.25) is 0 Å². The molecule has 0 aliphatic rings. The summed E-state index contributed by atoms with van der Waals surface area (Å²) >= 11 is 0. The van der Waals surface area contributed by atoms with Crippen LogP contribution in [0.3, 0.4) is 0 Å². The Morgan fingerprint density at radius 2 is 2.33 bits per heavy atom. The molecule has 0 amide bonds. The third-order valence-corrected chi connectivity index (χ3v) is 1.33. The van der Waals surface area contributed by atoms with Gasteiger partial charge in [-0.05, 0) is 6.42 Å². The van der Waals surface area contributed by atoms with Gasteiger partial charge in [0.05, 0.1) is 12.4 Å². The van der Waals surface area contributed by atoms with Gasteiger partial charge in [0.25, 0.3) is 0 Å². The molecule has 0 radical (unpaired) electrons. The molecule has 0 unspecified atom stereocenters. The number of hydrogen-bond donors (Lipinski definition) is 2. The number of anilines is 2. The van der Waals surface area contributed by atoms with Crippen LogP contribution in [0.25, 0.3) is 0 Å². The fourth-order valence-corrected chi connectivity index (χ4v) is 0.732. The Bertz CT molecular complexity index is 242. The van der Waals surface area contributed by atoms with Crippen LogP contribution in [0.5, 0.6) is 0 Å². The van der Waals surface area contributed by atoms with Gasteiger partial charge in [0.15, 0.2) is 0 Å². The van der Waals surface area contributed by atoms with Gasteiger partial charge in [0.1, 0.15) is 11.6 Å². The molecule has 0 spiro atoms. The molecule has 0 aliphatic carbocycles. The van der Waals surface area contributed by atoms with Crippen molar-refractivity contribution in [1.29, 1.82) is 0 Å². The van der Waals surface area contributed by atoms with Gasteiger partial charge in [-0.25, -0.2) is 9.97 Å². The molecule has 4 nitrogen and oxygen atoms in total. The fraction of sp³-hybridized carbons (Fsp3) is 0.250. The van der Waals surface area contributed by atoms with Crippen molar-refractivity contribution in [3.63, 3.8) is 0 Å². The van der Waals surface area contributed by atoms with E-state index in [0.717, 1.165) is 18.8 Å². The van der Waals surface area contributed by atoms with Gasteiger partial charge in [-0.2, -0.15) is 0 Å². The minimum Gasteiger partial charge on any atom is -0.382 e. The monoisotopic (exact) mass is 164 g/mol. The van der Waals surface area contributed by atoms with Gasteiger partial charge in [-0.3, -0.25) is 0 Å². The van der Waals surface area contributed by atoms with Crippen LogP contribution < -0.4 is 11.1 Å². The second kappa shape index (κ2) is 4.33. The number of hydrogen-bond acceptors (Lipinski definition) is 4. The molecular weight excluding hydrogens is 152 g/mol. The van der Waals surface area contributed by atoms with Crippen LogP contribution in [0.15, 0.2) is 25.0 Å². The van der Waals surface area contributed by atoms with Crippen LogP contribution in [0, 0.1) is 0 Å². The predicted octanol–water partition coefficient (Wildman–Crippen LogP) is 1.05. The largest absolute Gasteiger partial charge is 0.382 e. The van der Waals surface area contributed by atoms with Crippen LogP contribution in [0.4, 0.5) is 11.6 Å². The molecule has 12 heavy (non-hydrogen) atoms. The molecule has 0 fully saturated rings. The Morgan fingerprint density at radius 1 is 1.50 bits per heavy atom. The lowest BCUT2D eigenvalue weighted by Crippen LogP contribution is -2.03. The van der Waals surface area contributed by atoms with E-state index < -0.39 is 0 Å². The van der Waals surface area contributed by atoms with Gasteiger partial charge in [-0.15, -0.1) is 6.58 Å². The minimum absolute atomic E-state index is 0.435. The molecule has 0 aromatic carbocycles. The summed E-state index contributed by atoms with van der Waals surface area (Å²) in [6.07, 6.45) is 5.89. The highest BCUT2D eigenvalue weighted by atomic mass is 15.0. The first-order chi connectivity index (χ1) is 5.83. The molecule has 1 heterocycles. The van der Waals surface area contributed by atoms with E-state index in [1.165, 1.54) is 6.20 Å². The third-order valence-electron chi connectivity index (χ3n) is 1.33. The van der Waals surface area contributed by atoms with Gasteiger partial charge in [-0.1, -0.05) is 6.08 Å².